The predicted molar refractivity (Wildman–Crippen MR) is 121 cm³/mol. The maximum Gasteiger partial charge on any atom is 0.0456 e. The van der Waals surface area contributed by atoms with Crippen molar-refractivity contribution in [2.75, 3.05) is 0 Å². The second kappa shape index (κ2) is 11.2. The summed E-state index contributed by atoms with van der Waals surface area (Å²) >= 11 is 11.9. The van der Waals surface area contributed by atoms with E-state index in [1.54, 1.807) is 0 Å². The van der Waals surface area contributed by atoms with Gasteiger partial charge in [0.25, 0.3) is 0 Å². The molecule has 3 rings (SSSR count). The molecule has 1 aliphatic carbocycles. The molecule has 0 bridgehead atoms. The minimum Gasteiger partial charge on any atom is -0.386 e. The van der Waals surface area contributed by atoms with E-state index in [2.05, 4.69) is 59.5 Å². The number of allylic oxidation sites excluding steroid dienone is 2. The van der Waals surface area contributed by atoms with Crippen LogP contribution in [0.5, 0.6) is 0 Å². The third kappa shape index (κ3) is 6.92. The van der Waals surface area contributed by atoms with Crippen LogP contribution < -0.4 is 10.6 Å². The highest BCUT2D eigenvalue weighted by molar-refractivity contribution is 6.30. The molecule has 1 aliphatic rings. The maximum absolute atomic E-state index is 5.94. The van der Waals surface area contributed by atoms with Crippen LogP contribution in [0.15, 0.2) is 73.1 Å². The lowest BCUT2D eigenvalue weighted by Crippen LogP contribution is -2.46. The van der Waals surface area contributed by atoms with E-state index in [9.17, 15) is 0 Å². The van der Waals surface area contributed by atoms with Crippen LogP contribution in [0.25, 0.3) is 0 Å². The van der Waals surface area contributed by atoms with Gasteiger partial charge in [-0.1, -0.05) is 72.5 Å². The van der Waals surface area contributed by atoms with E-state index in [1.807, 2.05) is 24.3 Å². The zero-order valence-electron chi connectivity index (χ0n) is 16.1. The van der Waals surface area contributed by atoms with Crippen molar-refractivity contribution in [3.05, 3.63) is 94.3 Å². The molecule has 1 fully saturated rings. The molecule has 0 heterocycles. The van der Waals surface area contributed by atoms with Crippen molar-refractivity contribution in [3.63, 3.8) is 0 Å². The van der Waals surface area contributed by atoms with E-state index >= 15 is 0 Å². The van der Waals surface area contributed by atoms with Crippen molar-refractivity contribution >= 4 is 23.2 Å². The fourth-order valence-corrected chi connectivity index (χ4v) is 3.80. The molecule has 1 saturated carbocycles. The third-order valence-corrected chi connectivity index (χ3v) is 5.66. The average molecular weight is 415 g/mol. The molecule has 0 amide bonds. The molecule has 2 aromatic rings. The van der Waals surface area contributed by atoms with Gasteiger partial charge in [0.05, 0.1) is 0 Å². The molecule has 148 valence electrons. The van der Waals surface area contributed by atoms with Crippen molar-refractivity contribution in [2.45, 2.75) is 50.6 Å². The van der Waals surface area contributed by atoms with Gasteiger partial charge in [-0.3, -0.25) is 0 Å². The van der Waals surface area contributed by atoms with Crippen LogP contribution in [-0.2, 0) is 12.8 Å². The van der Waals surface area contributed by atoms with Crippen LogP contribution in [0.4, 0.5) is 0 Å². The number of nitrogens with one attached hydrogen (secondary N) is 2. The van der Waals surface area contributed by atoms with Gasteiger partial charge in [0.15, 0.2) is 0 Å². The fraction of sp³-hybridized carbons (Fsp3) is 0.333. The summed E-state index contributed by atoms with van der Waals surface area (Å²) in [6.45, 7) is 0. The first-order valence-corrected chi connectivity index (χ1v) is 10.8. The lowest BCUT2D eigenvalue weighted by Gasteiger charge is -2.32. The lowest BCUT2D eigenvalue weighted by molar-refractivity contribution is 0.324. The highest BCUT2D eigenvalue weighted by atomic mass is 35.5. The summed E-state index contributed by atoms with van der Waals surface area (Å²) in [6.07, 6.45) is 15.4. The zero-order chi connectivity index (χ0) is 19.6. The smallest absolute Gasteiger partial charge is 0.0456 e. The largest absolute Gasteiger partial charge is 0.386 e. The van der Waals surface area contributed by atoms with Gasteiger partial charge < -0.3 is 10.6 Å². The Kier molecular flexibility index (Phi) is 8.32. The van der Waals surface area contributed by atoms with E-state index in [4.69, 9.17) is 23.2 Å². The first-order chi connectivity index (χ1) is 13.7. The first-order valence-electron chi connectivity index (χ1n) is 10.0. The molecule has 0 spiro atoms. The van der Waals surface area contributed by atoms with E-state index in [1.165, 1.54) is 36.8 Å². The summed E-state index contributed by atoms with van der Waals surface area (Å²) in [6, 6.07) is 17.0. The molecule has 2 aromatic carbocycles. The summed E-state index contributed by atoms with van der Waals surface area (Å²) < 4.78 is 0. The Morgan fingerprint density at radius 3 is 1.46 bits per heavy atom. The zero-order valence-corrected chi connectivity index (χ0v) is 17.6. The molecule has 2 nitrogen and oxygen atoms in total. The molecular formula is C24H28Cl2N2. The average Bonchev–Trinajstić information content (AvgIpc) is 2.72. The normalized spacial score (nSPS) is 19.9. The molecule has 0 saturated heterocycles. The van der Waals surface area contributed by atoms with Crippen LogP contribution in [-0.4, -0.2) is 12.1 Å². The molecule has 2 atom stereocenters. The first kappa shape index (κ1) is 20.8. The Bertz CT molecular complexity index is 699. The Labute approximate surface area is 178 Å². The van der Waals surface area contributed by atoms with Crippen LogP contribution in [0.1, 0.15) is 36.8 Å². The summed E-state index contributed by atoms with van der Waals surface area (Å²) in [4.78, 5) is 0. The summed E-state index contributed by atoms with van der Waals surface area (Å²) in [5.41, 5.74) is 2.54. The number of rotatable bonds is 8. The topological polar surface area (TPSA) is 24.1 Å². The lowest BCUT2D eigenvalue weighted by atomic mass is 9.90. The monoisotopic (exact) mass is 414 g/mol. The molecular weight excluding hydrogens is 387 g/mol. The van der Waals surface area contributed by atoms with Crippen molar-refractivity contribution in [1.29, 1.82) is 0 Å². The Hall–Kier alpha value is -1.90. The predicted octanol–water partition coefficient (Wildman–Crippen LogP) is 6.30. The van der Waals surface area contributed by atoms with Crippen LogP contribution in [0, 0.1) is 0 Å². The van der Waals surface area contributed by atoms with Gasteiger partial charge in [-0.25, -0.2) is 0 Å². The van der Waals surface area contributed by atoms with Crippen LogP contribution >= 0.6 is 23.2 Å². The van der Waals surface area contributed by atoms with E-state index in [-0.39, 0.29) is 0 Å². The molecule has 0 radical (unpaired) electrons. The van der Waals surface area contributed by atoms with Gasteiger partial charge in [0.1, 0.15) is 0 Å². The van der Waals surface area contributed by atoms with Crippen molar-refractivity contribution in [1.82, 2.24) is 10.6 Å². The van der Waals surface area contributed by atoms with E-state index < -0.39 is 0 Å². The summed E-state index contributed by atoms with van der Waals surface area (Å²) in [7, 11) is 0. The van der Waals surface area contributed by atoms with E-state index in [0.717, 1.165) is 22.9 Å². The van der Waals surface area contributed by atoms with Crippen molar-refractivity contribution in [2.24, 2.45) is 0 Å². The second-order valence-electron chi connectivity index (χ2n) is 7.30. The Morgan fingerprint density at radius 2 is 1.07 bits per heavy atom. The molecule has 28 heavy (non-hydrogen) atoms. The Balaban J connectivity index is 1.43. The minimum atomic E-state index is 0.468. The highest BCUT2D eigenvalue weighted by Crippen LogP contribution is 2.19. The van der Waals surface area contributed by atoms with Gasteiger partial charge in [0, 0.05) is 22.1 Å². The molecule has 0 aromatic heterocycles. The number of benzene rings is 2. The number of hydrogen-bond donors (Lipinski definition) is 2. The number of hydrogen-bond acceptors (Lipinski definition) is 2. The summed E-state index contributed by atoms with van der Waals surface area (Å²) in [5, 5.41) is 8.77. The molecule has 0 unspecified atom stereocenters. The second-order valence-corrected chi connectivity index (χ2v) is 8.17. The number of halogens is 2. The van der Waals surface area contributed by atoms with Gasteiger partial charge >= 0.3 is 0 Å². The minimum absolute atomic E-state index is 0.468. The standard InChI is InChI=1S/C24H28Cl2N2/c25-21-13-9-19(10-14-21)5-3-17-27-23-7-1-2-8-24(23)28-18-4-6-20-11-15-22(26)16-12-20/h3-4,9-18,23-24,27-28H,1-2,5-8H2/b17-3+,18-4+/t23-,24-/m0/s1. The van der Waals surface area contributed by atoms with E-state index in [0.29, 0.717) is 12.1 Å². The van der Waals surface area contributed by atoms with Crippen LogP contribution in [0.3, 0.4) is 0 Å². The summed E-state index contributed by atoms with van der Waals surface area (Å²) in [5.74, 6) is 0. The molecule has 0 aliphatic heterocycles. The SMILES string of the molecule is Clc1ccc(C/C=C/N[C@H]2CCCC[C@@H]2N/C=C/Cc2ccc(Cl)cc2)cc1. The van der Waals surface area contributed by atoms with Crippen molar-refractivity contribution < 1.29 is 0 Å². The van der Waals surface area contributed by atoms with Gasteiger partial charge in [0.2, 0.25) is 0 Å². The highest BCUT2D eigenvalue weighted by Gasteiger charge is 2.22. The molecule has 2 N–H and O–H groups in total. The third-order valence-electron chi connectivity index (χ3n) is 5.16. The van der Waals surface area contributed by atoms with Crippen LogP contribution in [0.2, 0.25) is 10.0 Å². The van der Waals surface area contributed by atoms with Crippen molar-refractivity contribution in [3.8, 4) is 0 Å². The van der Waals surface area contributed by atoms with Gasteiger partial charge in [-0.15, -0.1) is 0 Å². The van der Waals surface area contributed by atoms with Gasteiger partial charge in [-0.2, -0.15) is 0 Å². The van der Waals surface area contributed by atoms with Gasteiger partial charge in [-0.05, 0) is 73.5 Å². The fourth-order valence-electron chi connectivity index (χ4n) is 3.54. The Morgan fingerprint density at radius 1 is 0.679 bits per heavy atom. The molecule has 4 heteroatoms. The quantitative estimate of drug-likeness (QED) is 0.529. The maximum atomic E-state index is 5.94.